The van der Waals surface area contributed by atoms with Gasteiger partial charge in [-0.05, 0) is 52.3 Å². The minimum atomic E-state index is -4.79. The molecule has 0 spiro atoms. The molecule has 2 heterocycles. The zero-order valence-electron chi connectivity index (χ0n) is 14.9. The van der Waals surface area contributed by atoms with Crippen LogP contribution in [0.1, 0.15) is 10.4 Å². The molecule has 0 aliphatic carbocycles. The molecule has 1 fully saturated rings. The molecule has 0 saturated carbocycles. The Hall–Kier alpha value is -2.37. The van der Waals surface area contributed by atoms with Crippen LogP contribution in [0.4, 0.5) is 24.7 Å². The number of carbonyl (C=O) groups excluding carboxylic acids is 1. The predicted molar refractivity (Wildman–Crippen MR) is 102 cm³/mol. The van der Waals surface area contributed by atoms with Gasteiger partial charge in [-0.25, -0.2) is 4.98 Å². The summed E-state index contributed by atoms with van der Waals surface area (Å²) in [4.78, 5) is 18.6. The Bertz CT molecular complexity index is 880. The average Bonchev–Trinajstić information content (AvgIpc) is 3.03. The maximum atomic E-state index is 12.5. The van der Waals surface area contributed by atoms with Crippen LogP contribution in [0.5, 0.6) is 5.75 Å². The number of rotatable bonds is 5. The fourth-order valence-electron chi connectivity index (χ4n) is 2.93. The van der Waals surface area contributed by atoms with Crippen molar-refractivity contribution < 1.29 is 32.9 Å². The number of hydrogen-bond acceptors (Lipinski definition) is 6. The summed E-state index contributed by atoms with van der Waals surface area (Å²) >= 11 is 3.24. The zero-order chi connectivity index (χ0) is 21.2. The Labute approximate surface area is 172 Å². The normalized spacial score (nSPS) is 19.3. The molecule has 1 amide bonds. The van der Waals surface area contributed by atoms with Crippen LogP contribution >= 0.6 is 15.9 Å². The predicted octanol–water partition coefficient (Wildman–Crippen LogP) is 2.78. The molecule has 2 aromatic rings. The van der Waals surface area contributed by atoms with Crippen LogP contribution in [-0.2, 0) is 0 Å². The van der Waals surface area contributed by atoms with Gasteiger partial charge in [-0.3, -0.25) is 4.79 Å². The number of alkyl halides is 3. The van der Waals surface area contributed by atoms with E-state index in [0.717, 1.165) is 12.1 Å². The van der Waals surface area contributed by atoms with Gasteiger partial charge in [-0.1, -0.05) is 0 Å². The number of nitrogens with one attached hydrogen (secondary N) is 1. The molecule has 1 saturated heterocycles. The monoisotopic (exact) mass is 475 g/mol. The number of β-amino-alcohol motifs (C(OH)–C–C–N with tert-alkyl or cyclic N) is 1. The lowest BCUT2D eigenvalue weighted by atomic mass is 10.1. The van der Waals surface area contributed by atoms with Crippen LogP contribution in [0.3, 0.4) is 0 Å². The second kappa shape index (κ2) is 8.56. The first kappa shape index (κ1) is 21.3. The molecule has 0 radical (unpaired) electrons. The van der Waals surface area contributed by atoms with Gasteiger partial charge in [0.15, 0.2) is 0 Å². The summed E-state index contributed by atoms with van der Waals surface area (Å²) < 4.78 is 40.6. The number of ether oxygens (including phenoxy) is 1. The molecule has 1 aromatic heterocycles. The van der Waals surface area contributed by atoms with Gasteiger partial charge in [-0.15, -0.1) is 13.2 Å². The quantitative estimate of drug-likeness (QED) is 0.575. The van der Waals surface area contributed by atoms with Crippen LogP contribution < -0.4 is 15.0 Å². The lowest BCUT2D eigenvalue weighted by Gasteiger charge is -2.18. The second-order valence-electron chi connectivity index (χ2n) is 6.45. The van der Waals surface area contributed by atoms with Gasteiger partial charge < -0.3 is 25.2 Å². The summed E-state index contributed by atoms with van der Waals surface area (Å²) in [6.45, 7) is 0.629. The van der Waals surface area contributed by atoms with Crippen molar-refractivity contribution in [3.8, 4) is 5.75 Å². The van der Waals surface area contributed by atoms with E-state index < -0.39 is 24.1 Å². The Kier molecular flexibility index (Phi) is 6.30. The van der Waals surface area contributed by atoms with E-state index >= 15 is 0 Å². The van der Waals surface area contributed by atoms with E-state index in [1.54, 1.807) is 17.0 Å². The fraction of sp³-hybridized carbons (Fsp3) is 0.333. The van der Waals surface area contributed by atoms with Crippen molar-refractivity contribution in [2.24, 2.45) is 5.92 Å². The maximum Gasteiger partial charge on any atom is 0.573 e. The SMILES string of the molecule is O=C(Nc1ccc(OC(F)(F)F)cc1)c1ccc(N2C[C@@H](CO)[C@H](O)C2)nc1Br. The molecule has 3 N–H and O–H groups in total. The van der Waals surface area contributed by atoms with Crippen molar-refractivity contribution in [1.82, 2.24) is 4.98 Å². The van der Waals surface area contributed by atoms with Gasteiger partial charge in [0, 0.05) is 24.7 Å². The summed E-state index contributed by atoms with van der Waals surface area (Å²) in [5.41, 5.74) is 0.511. The van der Waals surface area contributed by atoms with Crippen molar-refractivity contribution >= 4 is 33.3 Å². The fourth-order valence-corrected chi connectivity index (χ4v) is 3.42. The van der Waals surface area contributed by atoms with E-state index in [1.807, 2.05) is 0 Å². The molecule has 1 aromatic carbocycles. The minimum Gasteiger partial charge on any atom is -0.406 e. The number of aliphatic hydroxyl groups is 2. The Morgan fingerprint density at radius 3 is 2.48 bits per heavy atom. The number of aliphatic hydroxyl groups excluding tert-OH is 2. The van der Waals surface area contributed by atoms with Crippen molar-refractivity contribution in [1.29, 1.82) is 0 Å². The average molecular weight is 476 g/mol. The maximum absolute atomic E-state index is 12.5. The molecule has 3 rings (SSSR count). The highest BCUT2D eigenvalue weighted by Crippen LogP contribution is 2.27. The lowest BCUT2D eigenvalue weighted by molar-refractivity contribution is -0.274. The highest BCUT2D eigenvalue weighted by Gasteiger charge is 2.32. The van der Waals surface area contributed by atoms with E-state index in [1.165, 1.54) is 12.1 Å². The topological polar surface area (TPSA) is 94.9 Å². The molecule has 2 atom stereocenters. The van der Waals surface area contributed by atoms with Crippen LogP contribution in [0, 0.1) is 5.92 Å². The molecular formula is C18H17BrF3N3O4. The van der Waals surface area contributed by atoms with Gasteiger partial charge in [0.25, 0.3) is 5.91 Å². The molecule has 0 unspecified atom stereocenters. The lowest BCUT2D eigenvalue weighted by Crippen LogP contribution is -2.23. The highest BCUT2D eigenvalue weighted by molar-refractivity contribution is 9.10. The number of amides is 1. The standard InChI is InChI=1S/C18H17BrF3N3O4/c19-16-13(5-6-15(24-16)25-7-10(9-26)14(27)8-25)17(28)23-11-1-3-12(4-2-11)29-18(20,21)22/h1-6,10,14,26-27H,7-9H2,(H,23,28)/t10-,14+/m0/s1. The largest absolute Gasteiger partial charge is 0.573 e. The summed E-state index contributed by atoms with van der Waals surface area (Å²) in [7, 11) is 0. The van der Waals surface area contributed by atoms with Crippen LogP contribution in [0.15, 0.2) is 41.0 Å². The van der Waals surface area contributed by atoms with Gasteiger partial charge >= 0.3 is 6.36 Å². The number of nitrogens with zero attached hydrogens (tertiary/aromatic N) is 2. The molecule has 1 aliphatic rings. The summed E-state index contributed by atoms with van der Waals surface area (Å²) in [6.07, 6.45) is -5.45. The number of pyridine rings is 1. The number of benzene rings is 1. The number of halogens is 4. The van der Waals surface area contributed by atoms with Crippen molar-refractivity contribution in [3.63, 3.8) is 0 Å². The van der Waals surface area contributed by atoms with Gasteiger partial charge in [0.05, 0.1) is 18.3 Å². The Balaban J connectivity index is 1.67. The number of anilines is 2. The van der Waals surface area contributed by atoms with Crippen molar-refractivity contribution in [2.75, 3.05) is 29.9 Å². The molecule has 1 aliphatic heterocycles. The Morgan fingerprint density at radius 2 is 1.93 bits per heavy atom. The third kappa shape index (κ3) is 5.37. The molecular weight excluding hydrogens is 459 g/mol. The van der Waals surface area contributed by atoms with Crippen molar-refractivity contribution in [3.05, 3.63) is 46.6 Å². The molecule has 156 valence electrons. The van der Waals surface area contributed by atoms with Crippen molar-refractivity contribution in [2.45, 2.75) is 12.5 Å². The first-order valence-electron chi connectivity index (χ1n) is 8.54. The molecule has 29 heavy (non-hydrogen) atoms. The third-order valence-electron chi connectivity index (χ3n) is 4.39. The number of aromatic nitrogens is 1. The zero-order valence-corrected chi connectivity index (χ0v) is 16.4. The van der Waals surface area contributed by atoms with Gasteiger partial charge in [0.1, 0.15) is 16.2 Å². The van der Waals surface area contributed by atoms with Crippen LogP contribution in [0.25, 0.3) is 0 Å². The second-order valence-corrected chi connectivity index (χ2v) is 7.20. The summed E-state index contributed by atoms with van der Waals surface area (Å²) in [5.74, 6) is -0.619. The summed E-state index contributed by atoms with van der Waals surface area (Å²) in [5, 5.41) is 21.7. The number of carbonyl (C=O) groups is 1. The van der Waals surface area contributed by atoms with Crippen LogP contribution in [-0.4, -0.2) is 53.3 Å². The first-order valence-corrected chi connectivity index (χ1v) is 9.33. The van der Waals surface area contributed by atoms with E-state index in [0.29, 0.717) is 18.9 Å². The first-order chi connectivity index (χ1) is 13.7. The Morgan fingerprint density at radius 1 is 1.24 bits per heavy atom. The highest BCUT2D eigenvalue weighted by atomic mass is 79.9. The van der Waals surface area contributed by atoms with E-state index in [-0.39, 0.29) is 28.4 Å². The molecule has 0 bridgehead atoms. The van der Waals surface area contributed by atoms with E-state index in [9.17, 15) is 28.2 Å². The molecule has 11 heteroatoms. The van der Waals surface area contributed by atoms with E-state index in [4.69, 9.17) is 0 Å². The van der Waals surface area contributed by atoms with Gasteiger partial charge in [-0.2, -0.15) is 0 Å². The smallest absolute Gasteiger partial charge is 0.406 e. The summed E-state index contributed by atoms with van der Waals surface area (Å²) in [6, 6.07) is 7.92. The van der Waals surface area contributed by atoms with Gasteiger partial charge in [0.2, 0.25) is 0 Å². The molecule has 7 nitrogen and oxygen atoms in total. The third-order valence-corrected chi connectivity index (χ3v) is 4.99. The number of hydrogen-bond donors (Lipinski definition) is 3. The van der Waals surface area contributed by atoms with Crippen LogP contribution in [0.2, 0.25) is 0 Å². The minimum absolute atomic E-state index is 0.133. The van der Waals surface area contributed by atoms with E-state index in [2.05, 4.69) is 31.0 Å².